The molecule has 0 aliphatic heterocycles. The smallest absolute Gasteiger partial charge is 0.326 e. The zero-order valence-electron chi connectivity index (χ0n) is 10.6. The van der Waals surface area contributed by atoms with Crippen LogP contribution in [-0.2, 0) is 4.79 Å². The van der Waals surface area contributed by atoms with Crippen LogP contribution in [0.2, 0.25) is 5.02 Å². The number of carbonyl (C=O) groups is 2. The summed E-state index contributed by atoms with van der Waals surface area (Å²) in [6.45, 7) is 3.81. The van der Waals surface area contributed by atoms with Crippen LogP contribution in [0.25, 0.3) is 0 Å². The van der Waals surface area contributed by atoms with Gasteiger partial charge in [-0.1, -0.05) is 25.4 Å². The molecule has 1 amide bonds. The van der Waals surface area contributed by atoms with Crippen molar-refractivity contribution in [1.29, 1.82) is 0 Å². The molecule has 1 rings (SSSR count). The van der Waals surface area contributed by atoms with E-state index in [1.54, 1.807) is 18.2 Å². The molecule has 0 fully saturated rings. The van der Waals surface area contributed by atoms with Crippen molar-refractivity contribution in [3.63, 3.8) is 0 Å². The summed E-state index contributed by atoms with van der Waals surface area (Å²) >= 11 is 8.07. The molecule has 0 unspecified atom stereocenters. The number of rotatable bonds is 5. The molecule has 1 aromatic carbocycles. The molecule has 0 saturated carbocycles. The van der Waals surface area contributed by atoms with Gasteiger partial charge in [0.25, 0.3) is 5.91 Å². The topological polar surface area (TPSA) is 66.4 Å². The third-order valence-electron chi connectivity index (χ3n) is 2.49. The van der Waals surface area contributed by atoms with Crippen molar-refractivity contribution in [2.75, 3.05) is 0 Å². The Kier molecular flexibility index (Phi) is 6.06. The van der Waals surface area contributed by atoms with E-state index in [4.69, 9.17) is 16.7 Å². The van der Waals surface area contributed by atoms with Gasteiger partial charge in [0.1, 0.15) is 6.04 Å². The zero-order valence-corrected chi connectivity index (χ0v) is 13.5. The van der Waals surface area contributed by atoms with E-state index in [1.165, 1.54) is 0 Å². The van der Waals surface area contributed by atoms with Crippen molar-refractivity contribution >= 4 is 46.1 Å². The molecule has 0 radical (unpaired) electrons. The average molecular weight is 396 g/mol. The molecule has 0 aliphatic carbocycles. The van der Waals surface area contributed by atoms with Crippen molar-refractivity contribution in [2.45, 2.75) is 26.3 Å². The number of halogens is 2. The van der Waals surface area contributed by atoms with E-state index >= 15 is 0 Å². The van der Waals surface area contributed by atoms with Crippen LogP contribution in [0.1, 0.15) is 30.6 Å². The summed E-state index contributed by atoms with van der Waals surface area (Å²) < 4.78 is 0.913. The Morgan fingerprint density at radius 2 is 2.05 bits per heavy atom. The second-order valence-electron chi connectivity index (χ2n) is 4.62. The molecule has 1 atom stereocenters. The van der Waals surface area contributed by atoms with E-state index in [2.05, 4.69) is 27.9 Å². The van der Waals surface area contributed by atoms with Gasteiger partial charge in [0.2, 0.25) is 0 Å². The second-order valence-corrected chi connectivity index (χ2v) is 6.27. The Morgan fingerprint density at radius 3 is 2.53 bits per heavy atom. The molecule has 19 heavy (non-hydrogen) atoms. The van der Waals surface area contributed by atoms with E-state index < -0.39 is 17.9 Å². The standard InChI is InChI=1S/C13H15ClINO3/c1-7(2)5-11(13(18)19)16-12(17)9-4-3-8(15)6-10(9)14/h3-4,6-7,11H,5H2,1-2H3,(H,16,17)(H,18,19)/t11-/m1/s1. The molecule has 1 aromatic rings. The Labute approximate surface area is 130 Å². The van der Waals surface area contributed by atoms with Gasteiger partial charge in [-0.25, -0.2) is 4.79 Å². The number of amides is 1. The van der Waals surface area contributed by atoms with Crippen LogP contribution in [0.15, 0.2) is 18.2 Å². The summed E-state index contributed by atoms with van der Waals surface area (Å²) in [5.41, 5.74) is 0.289. The summed E-state index contributed by atoms with van der Waals surface area (Å²) in [5.74, 6) is -1.33. The first kappa shape index (κ1) is 16.2. The summed E-state index contributed by atoms with van der Waals surface area (Å²) in [6.07, 6.45) is 0.378. The first-order valence-electron chi connectivity index (χ1n) is 5.80. The highest BCUT2D eigenvalue weighted by molar-refractivity contribution is 14.1. The van der Waals surface area contributed by atoms with E-state index in [-0.39, 0.29) is 11.5 Å². The molecule has 0 aromatic heterocycles. The van der Waals surface area contributed by atoms with E-state index in [0.717, 1.165) is 3.57 Å². The van der Waals surface area contributed by atoms with E-state index in [9.17, 15) is 9.59 Å². The van der Waals surface area contributed by atoms with Gasteiger partial charge in [-0.15, -0.1) is 0 Å². The number of hydrogen-bond donors (Lipinski definition) is 2. The summed E-state index contributed by atoms with van der Waals surface area (Å²) in [7, 11) is 0. The maximum Gasteiger partial charge on any atom is 0.326 e. The lowest BCUT2D eigenvalue weighted by Gasteiger charge is -2.16. The Balaban J connectivity index is 2.84. The molecule has 4 nitrogen and oxygen atoms in total. The highest BCUT2D eigenvalue weighted by atomic mass is 127. The third kappa shape index (κ3) is 4.99. The van der Waals surface area contributed by atoms with Gasteiger partial charge < -0.3 is 10.4 Å². The number of aliphatic carboxylic acids is 1. The van der Waals surface area contributed by atoms with Crippen molar-refractivity contribution in [3.05, 3.63) is 32.4 Å². The van der Waals surface area contributed by atoms with Gasteiger partial charge in [-0.05, 0) is 53.1 Å². The molecule has 0 heterocycles. The number of hydrogen-bond acceptors (Lipinski definition) is 2. The van der Waals surface area contributed by atoms with Crippen molar-refractivity contribution < 1.29 is 14.7 Å². The van der Waals surface area contributed by atoms with Crippen LogP contribution in [0, 0.1) is 9.49 Å². The number of nitrogens with one attached hydrogen (secondary N) is 1. The molecule has 0 spiro atoms. The molecular formula is C13H15ClINO3. The number of carboxylic acid groups (broad SMARTS) is 1. The van der Waals surface area contributed by atoms with Crippen LogP contribution in [0.5, 0.6) is 0 Å². The fourth-order valence-corrected chi connectivity index (χ4v) is 2.54. The van der Waals surface area contributed by atoms with E-state index in [1.807, 2.05) is 13.8 Å². The Hall–Kier alpha value is -0.820. The fraction of sp³-hybridized carbons (Fsp3) is 0.385. The van der Waals surface area contributed by atoms with Crippen LogP contribution in [-0.4, -0.2) is 23.0 Å². The van der Waals surface area contributed by atoms with Gasteiger partial charge in [-0.2, -0.15) is 0 Å². The maximum atomic E-state index is 12.0. The van der Waals surface area contributed by atoms with Gasteiger partial charge in [0, 0.05) is 3.57 Å². The average Bonchev–Trinajstić information content (AvgIpc) is 2.26. The Bertz CT molecular complexity index is 491. The zero-order chi connectivity index (χ0) is 14.6. The quantitative estimate of drug-likeness (QED) is 0.753. The van der Waals surface area contributed by atoms with Gasteiger partial charge in [0.15, 0.2) is 0 Å². The molecule has 104 valence electrons. The summed E-state index contributed by atoms with van der Waals surface area (Å²) in [5, 5.41) is 11.9. The first-order valence-corrected chi connectivity index (χ1v) is 7.25. The first-order chi connectivity index (χ1) is 8.81. The van der Waals surface area contributed by atoms with Crippen molar-refractivity contribution in [1.82, 2.24) is 5.32 Å². The lowest BCUT2D eigenvalue weighted by molar-refractivity contribution is -0.139. The van der Waals surface area contributed by atoms with Crippen LogP contribution >= 0.6 is 34.2 Å². The van der Waals surface area contributed by atoms with Crippen LogP contribution < -0.4 is 5.32 Å². The van der Waals surface area contributed by atoms with Gasteiger partial charge in [-0.3, -0.25) is 4.79 Å². The van der Waals surface area contributed by atoms with Crippen molar-refractivity contribution in [3.8, 4) is 0 Å². The van der Waals surface area contributed by atoms with Crippen molar-refractivity contribution in [2.24, 2.45) is 5.92 Å². The summed E-state index contributed by atoms with van der Waals surface area (Å²) in [6, 6.07) is 4.10. The molecule has 0 saturated heterocycles. The number of carbonyl (C=O) groups excluding carboxylic acids is 1. The monoisotopic (exact) mass is 395 g/mol. The highest BCUT2D eigenvalue weighted by Gasteiger charge is 2.22. The molecule has 6 heteroatoms. The Morgan fingerprint density at radius 1 is 1.42 bits per heavy atom. The number of carboxylic acids is 1. The molecule has 0 aliphatic rings. The van der Waals surface area contributed by atoms with Crippen LogP contribution in [0.3, 0.4) is 0 Å². The number of benzene rings is 1. The predicted molar refractivity (Wildman–Crippen MR) is 82.5 cm³/mol. The summed E-state index contributed by atoms with van der Waals surface area (Å²) in [4.78, 5) is 23.1. The predicted octanol–water partition coefficient (Wildman–Crippen LogP) is 3.17. The molecular weight excluding hydrogens is 381 g/mol. The molecule has 0 bridgehead atoms. The normalized spacial score (nSPS) is 12.3. The fourth-order valence-electron chi connectivity index (χ4n) is 1.60. The maximum absolute atomic E-state index is 12.0. The molecule has 2 N–H and O–H groups in total. The minimum absolute atomic E-state index is 0.175. The highest BCUT2D eigenvalue weighted by Crippen LogP contribution is 2.19. The minimum Gasteiger partial charge on any atom is -0.480 e. The third-order valence-corrected chi connectivity index (χ3v) is 3.47. The lowest BCUT2D eigenvalue weighted by atomic mass is 10.0. The lowest BCUT2D eigenvalue weighted by Crippen LogP contribution is -2.41. The van der Waals surface area contributed by atoms with Gasteiger partial charge >= 0.3 is 5.97 Å². The second kappa shape index (κ2) is 7.09. The van der Waals surface area contributed by atoms with E-state index in [0.29, 0.717) is 11.4 Å². The van der Waals surface area contributed by atoms with Crippen LogP contribution in [0.4, 0.5) is 0 Å². The van der Waals surface area contributed by atoms with Gasteiger partial charge in [0.05, 0.1) is 10.6 Å². The largest absolute Gasteiger partial charge is 0.480 e. The minimum atomic E-state index is -1.04. The SMILES string of the molecule is CC(C)C[C@@H](NC(=O)c1ccc(I)cc1Cl)C(=O)O.